The topological polar surface area (TPSA) is 0 Å². The van der Waals surface area contributed by atoms with Crippen molar-refractivity contribution in [2.45, 2.75) is 6.42 Å². The largest absolute Gasteiger partial charge is 0.0596 e. The molecular formula is C6H7+. The van der Waals surface area contributed by atoms with E-state index in [9.17, 15) is 0 Å². The first kappa shape index (κ1) is 3.54. The molecule has 1 rings (SSSR count). The van der Waals surface area contributed by atoms with E-state index in [1.807, 2.05) is 6.42 Å². The molecule has 0 atom stereocenters. The van der Waals surface area contributed by atoms with Gasteiger partial charge in [-0.05, 0) is 13.2 Å². The summed E-state index contributed by atoms with van der Waals surface area (Å²) in [6.45, 7) is 7.39. The van der Waals surface area contributed by atoms with Gasteiger partial charge in [-0.3, -0.25) is 0 Å². The van der Waals surface area contributed by atoms with E-state index in [0.29, 0.717) is 0 Å². The van der Waals surface area contributed by atoms with Crippen LogP contribution in [0.2, 0.25) is 0 Å². The number of rotatable bonds is 0. The average Bonchev–Trinajstić information content (AvgIpc) is 1.33. The smallest absolute Gasteiger partial charge is 0.00925 e. The van der Waals surface area contributed by atoms with Crippen LogP contribution in [0.25, 0.3) is 0 Å². The third-order valence-electron chi connectivity index (χ3n) is 0.862. The Kier molecular flexibility index (Phi) is 0.533. The van der Waals surface area contributed by atoms with Gasteiger partial charge in [0.25, 0.3) is 0 Å². The van der Waals surface area contributed by atoms with Crippen LogP contribution < -0.4 is 0 Å². The summed E-state index contributed by atoms with van der Waals surface area (Å²) in [5.74, 6) is 0. The van der Waals surface area contributed by atoms with Gasteiger partial charge >= 0.3 is 0 Å². The summed E-state index contributed by atoms with van der Waals surface area (Å²) in [6.07, 6.45) is 3.03. The molecule has 0 unspecified atom stereocenters. The number of hydrogen-bond acceptors (Lipinski definition) is 0. The van der Waals surface area contributed by atoms with Gasteiger partial charge in [0.1, 0.15) is 0 Å². The minimum absolute atomic E-state index is 1.03. The summed E-state index contributed by atoms with van der Waals surface area (Å²) < 4.78 is 0. The summed E-state index contributed by atoms with van der Waals surface area (Å²) in [5, 5.41) is 0. The molecule has 0 amide bonds. The first-order valence-corrected chi connectivity index (χ1v) is 1.99. The van der Waals surface area contributed by atoms with Crippen molar-refractivity contribution in [3.05, 3.63) is 30.7 Å². The predicted molar refractivity (Wildman–Crippen MR) is 27.2 cm³/mol. The maximum atomic E-state index is 3.69. The van der Waals surface area contributed by atoms with E-state index in [4.69, 9.17) is 0 Å². The van der Waals surface area contributed by atoms with Crippen molar-refractivity contribution in [2.75, 3.05) is 0 Å². The Morgan fingerprint density at radius 3 is 1.67 bits per heavy atom. The van der Waals surface area contributed by atoms with Crippen molar-refractivity contribution in [1.82, 2.24) is 0 Å². The lowest BCUT2D eigenvalue weighted by molar-refractivity contribution is 1.04. The normalized spacial score (nSPS) is 19.3. The molecule has 6 heavy (non-hydrogen) atoms. The molecule has 1 aliphatic carbocycles. The van der Waals surface area contributed by atoms with Crippen molar-refractivity contribution in [1.29, 1.82) is 0 Å². The molecule has 0 heterocycles. The van der Waals surface area contributed by atoms with E-state index in [1.54, 1.807) is 0 Å². The fourth-order valence-corrected chi connectivity index (χ4v) is 0.551. The van der Waals surface area contributed by atoms with Crippen LogP contribution in [0.1, 0.15) is 6.42 Å². The second kappa shape index (κ2) is 0.904. The van der Waals surface area contributed by atoms with Crippen molar-refractivity contribution < 1.29 is 0 Å². The van der Waals surface area contributed by atoms with Crippen LogP contribution in [0.3, 0.4) is 0 Å². The molecule has 1 saturated carbocycles. The summed E-state index contributed by atoms with van der Waals surface area (Å²) in [5.41, 5.74) is 2.42. The summed E-state index contributed by atoms with van der Waals surface area (Å²) >= 11 is 0. The SMILES string of the molecule is C=C1[CH+]C(=C)C1. The third-order valence-corrected chi connectivity index (χ3v) is 0.862. The zero-order valence-electron chi connectivity index (χ0n) is 3.70. The van der Waals surface area contributed by atoms with Gasteiger partial charge < -0.3 is 0 Å². The Hall–Kier alpha value is -0.650. The molecular weight excluding hydrogens is 72.1 g/mol. The quantitative estimate of drug-likeness (QED) is 0.388. The number of hydrogen-bond donors (Lipinski definition) is 0. The van der Waals surface area contributed by atoms with E-state index >= 15 is 0 Å². The minimum Gasteiger partial charge on any atom is -0.00925 e. The maximum absolute atomic E-state index is 3.69. The highest BCUT2D eigenvalue weighted by Crippen LogP contribution is 2.26. The molecule has 0 N–H and O–H groups in total. The Morgan fingerprint density at radius 1 is 1.33 bits per heavy atom. The van der Waals surface area contributed by atoms with Gasteiger partial charge in [-0.1, -0.05) is 0 Å². The van der Waals surface area contributed by atoms with Crippen molar-refractivity contribution >= 4 is 0 Å². The Balaban J connectivity index is 2.47. The highest BCUT2D eigenvalue weighted by atomic mass is 14.1. The molecule has 0 saturated heterocycles. The summed E-state index contributed by atoms with van der Waals surface area (Å²) in [4.78, 5) is 0. The van der Waals surface area contributed by atoms with Gasteiger partial charge in [0, 0.05) is 12.8 Å². The molecule has 0 aliphatic heterocycles. The van der Waals surface area contributed by atoms with Crippen LogP contribution in [0, 0.1) is 6.42 Å². The molecule has 1 aliphatic rings. The van der Waals surface area contributed by atoms with Crippen LogP contribution in [0.15, 0.2) is 24.3 Å². The van der Waals surface area contributed by atoms with Crippen molar-refractivity contribution in [3.63, 3.8) is 0 Å². The second-order valence-corrected chi connectivity index (χ2v) is 1.64. The first-order valence-electron chi connectivity index (χ1n) is 1.99. The third kappa shape index (κ3) is 0.342. The summed E-state index contributed by atoms with van der Waals surface area (Å²) in [7, 11) is 0. The minimum atomic E-state index is 1.03. The van der Waals surface area contributed by atoms with E-state index in [-0.39, 0.29) is 0 Å². The van der Waals surface area contributed by atoms with Gasteiger partial charge in [0.2, 0.25) is 0 Å². The lowest BCUT2D eigenvalue weighted by Gasteiger charge is -2.07. The highest BCUT2D eigenvalue weighted by molar-refractivity contribution is 5.40. The molecule has 0 nitrogen and oxygen atoms in total. The molecule has 0 aromatic carbocycles. The lowest BCUT2D eigenvalue weighted by Crippen LogP contribution is -1.98. The average molecular weight is 79.1 g/mol. The van der Waals surface area contributed by atoms with E-state index in [2.05, 4.69) is 13.2 Å². The van der Waals surface area contributed by atoms with Crippen LogP contribution in [-0.2, 0) is 0 Å². The van der Waals surface area contributed by atoms with Gasteiger partial charge in [-0.25, -0.2) is 0 Å². The summed E-state index contributed by atoms with van der Waals surface area (Å²) in [6, 6.07) is 0. The second-order valence-electron chi connectivity index (χ2n) is 1.64. The van der Waals surface area contributed by atoms with Crippen molar-refractivity contribution in [2.24, 2.45) is 0 Å². The Labute approximate surface area is 38.2 Å². The first-order chi connectivity index (χ1) is 2.79. The fraction of sp³-hybridized carbons (Fsp3) is 0.167. The number of allylic oxidation sites excluding steroid dienone is 2. The zero-order valence-corrected chi connectivity index (χ0v) is 3.70. The molecule has 0 aromatic heterocycles. The molecule has 0 radical (unpaired) electrons. The monoisotopic (exact) mass is 79.1 g/mol. The Morgan fingerprint density at radius 2 is 1.67 bits per heavy atom. The maximum Gasteiger partial charge on any atom is 0.0596 e. The Bertz CT molecular complexity index is 76.6. The van der Waals surface area contributed by atoms with Gasteiger partial charge in [-0.2, -0.15) is 0 Å². The van der Waals surface area contributed by atoms with Gasteiger partial charge in [-0.15, -0.1) is 0 Å². The predicted octanol–water partition coefficient (Wildman–Crippen LogP) is 1.71. The standard InChI is InChI=1S/C6H7/c1-5-3-6(2)4-5/h3H,1-2,4H2/q+1. The van der Waals surface area contributed by atoms with Crippen molar-refractivity contribution in [3.8, 4) is 0 Å². The zero-order chi connectivity index (χ0) is 4.57. The van der Waals surface area contributed by atoms with Gasteiger partial charge in [0.15, 0.2) is 0 Å². The fourth-order valence-electron chi connectivity index (χ4n) is 0.551. The van der Waals surface area contributed by atoms with Crippen LogP contribution >= 0.6 is 0 Å². The molecule has 30 valence electrons. The molecule has 0 spiro atoms. The van der Waals surface area contributed by atoms with Gasteiger partial charge in [0.05, 0.1) is 11.1 Å². The van der Waals surface area contributed by atoms with Crippen LogP contribution in [0.5, 0.6) is 0 Å². The van der Waals surface area contributed by atoms with Crippen LogP contribution in [0.4, 0.5) is 0 Å². The van der Waals surface area contributed by atoms with E-state index in [0.717, 1.165) is 6.42 Å². The molecule has 0 heteroatoms. The molecule has 1 fully saturated rings. The lowest BCUT2D eigenvalue weighted by atomic mass is 9.89. The molecule has 0 bridgehead atoms. The van der Waals surface area contributed by atoms with E-state index < -0.39 is 0 Å². The highest BCUT2D eigenvalue weighted by Gasteiger charge is 2.17. The van der Waals surface area contributed by atoms with E-state index in [1.165, 1.54) is 11.1 Å². The molecule has 0 aromatic rings. The van der Waals surface area contributed by atoms with Crippen LogP contribution in [-0.4, -0.2) is 0 Å².